The van der Waals surface area contributed by atoms with E-state index in [0.29, 0.717) is 17.7 Å². The topological polar surface area (TPSA) is 103 Å². The lowest BCUT2D eigenvalue weighted by molar-refractivity contribution is -0.890. The van der Waals surface area contributed by atoms with Gasteiger partial charge < -0.3 is 9.04 Å². The number of halogens is 17. The number of benzene rings is 1. The van der Waals surface area contributed by atoms with E-state index in [0.717, 1.165) is 5.56 Å². The SMILES string of the molecule is CCC[N+](C)(C)CCCNS(=O)(=O)C(F)(F)C(F)(F)C(F)(F)C(F)(F)C(F)(F)C(F)(F)C(F)(F)C(F)(F)F.Cc1ccc(S(=O)(=O)[O-])cc1. The number of sulfonamides is 1. The molecule has 0 bridgehead atoms. The molecule has 26 heteroatoms. The highest BCUT2D eigenvalue weighted by Crippen LogP contribution is 2.64. The molecular formula is C23H27F17N2O5S2. The first-order chi connectivity index (χ1) is 21.3. The second-order valence-corrected chi connectivity index (χ2v) is 14.1. The van der Waals surface area contributed by atoms with Crippen LogP contribution in [0.2, 0.25) is 0 Å². The van der Waals surface area contributed by atoms with Gasteiger partial charge in [0.25, 0.3) is 10.0 Å². The molecule has 49 heavy (non-hydrogen) atoms. The van der Waals surface area contributed by atoms with E-state index in [1.54, 1.807) is 19.1 Å². The highest BCUT2D eigenvalue weighted by atomic mass is 32.2. The third-order valence-electron chi connectivity index (χ3n) is 6.40. The van der Waals surface area contributed by atoms with E-state index >= 15 is 0 Å². The summed E-state index contributed by atoms with van der Waals surface area (Å²) >= 11 is 0. The van der Waals surface area contributed by atoms with E-state index in [9.17, 15) is 96.0 Å². The van der Waals surface area contributed by atoms with E-state index in [2.05, 4.69) is 0 Å². The summed E-state index contributed by atoms with van der Waals surface area (Å²) in [6, 6.07) is 5.78. The van der Waals surface area contributed by atoms with Crippen molar-refractivity contribution < 1.29 is 101 Å². The smallest absolute Gasteiger partial charge is 0.460 e. The Balaban J connectivity index is 0.00000175. The number of nitrogens with one attached hydrogen (secondary N) is 1. The lowest BCUT2D eigenvalue weighted by Gasteiger charge is -2.42. The Kier molecular flexibility index (Phi) is 13.8. The summed E-state index contributed by atoms with van der Waals surface area (Å²) in [5.41, 5.74) is 0.928. The molecule has 0 saturated heterocycles. The van der Waals surface area contributed by atoms with Crippen LogP contribution in [0.25, 0.3) is 0 Å². The molecule has 7 nitrogen and oxygen atoms in total. The molecule has 0 fully saturated rings. The van der Waals surface area contributed by atoms with E-state index in [1.165, 1.54) is 26.2 Å². The van der Waals surface area contributed by atoms with Crippen molar-refractivity contribution in [1.29, 1.82) is 0 Å². The maximum Gasteiger partial charge on any atom is 0.460 e. The summed E-state index contributed by atoms with van der Waals surface area (Å²) in [6.45, 7) is 2.56. The molecule has 0 atom stereocenters. The van der Waals surface area contributed by atoms with Gasteiger partial charge in [0.2, 0.25) is 0 Å². The average molecular weight is 799 g/mol. The molecule has 1 rings (SSSR count). The molecule has 0 spiro atoms. The Morgan fingerprint density at radius 1 is 0.633 bits per heavy atom. The minimum Gasteiger partial charge on any atom is -0.744 e. The molecule has 0 aliphatic carbocycles. The predicted octanol–water partition coefficient (Wildman–Crippen LogP) is 6.65. The Bertz CT molecular complexity index is 1480. The monoisotopic (exact) mass is 798 g/mol. The van der Waals surface area contributed by atoms with Gasteiger partial charge in [-0.3, -0.25) is 0 Å². The molecular weight excluding hydrogens is 771 g/mol. The molecule has 0 aromatic heterocycles. The van der Waals surface area contributed by atoms with Gasteiger partial charge in [-0.1, -0.05) is 24.6 Å². The fourth-order valence-electron chi connectivity index (χ4n) is 3.54. The number of rotatable bonds is 15. The summed E-state index contributed by atoms with van der Waals surface area (Å²) in [5.74, 6) is -51.5. The maximum atomic E-state index is 13.9. The average Bonchev–Trinajstić information content (AvgIpc) is 2.89. The minimum absolute atomic E-state index is 0.0704. The molecule has 0 heterocycles. The van der Waals surface area contributed by atoms with Gasteiger partial charge in [-0.15, -0.1) is 0 Å². The van der Waals surface area contributed by atoms with Crippen LogP contribution in [0.15, 0.2) is 29.2 Å². The zero-order valence-electron chi connectivity index (χ0n) is 25.1. The Labute approximate surface area is 267 Å². The van der Waals surface area contributed by atoms with Gasteiger partial charge in [0.1, 0.15) is 10.1 Å². The first-order valence-electron chi connectivity index (χ1n) is 12.8. The van der Waals surface area contributed by atoms with Gasteiger partial charge in [0, 0.05) is 13.0 Å². The van der Waals surface area contributed by atoms with Gasteiger partial charge in [-0.2, -0.15) is 74.6 Å². The first-order valence-corrected chi connectivity index (χ1v) is 15.7. The predicted molar refractivity (Wildman–Crippen MR) is 133 cm³/mol. The van der Waals surface area contributed by atoms with Crippen LogP contribution in [0.3, 0.4) is 0 Å². The summed E-state index contributed by atoms with van der Waals surface area (Å²) in [7, 11) is -8.48. The Morgan fingerprint density at radius 3 is 1.35 bits per heavy atom. The van der Waals surface area contributed by atoms with Crippen molar-refractivity contribution in [2.24, 2.45) is 0 Å². The number of alkyl halides is 17. The largest absolute Gasteiger partial charge is 0.744 e. The highest BCUT2D eigenvalue weighted by molar-refractivity contribution is 7.90. The lowest BCUT2D eigenvalue weighted by Crippen LogP contribution is -2.75. The summed E-state index contributed by atoms with van der Waals surface area (Å²) in [4.78, 5) is -0.178. The number of hydrogen-bond acceptors (Lipinski definition) is 5. The van der Waals surface area contributed by atoms with Crippen LogP contribution >= 0.6 is 0 Å². The third kappa shape index (κ3) is 9.01. The quantitative estimate of drug-likeness (QED) is 0.0928. The van der Waals surface area contributed by atoms with Crippen LogP contribution in [0.4, 0.5) is 74.6 Å². The molecule has 1 aromatic carbocycles. The minimum atomic E-state index is -8.83. The Morgan fingerprint density at radius 2 is 1.00 bits per heavy atom. The van der Waals surface area contributed by atoms with E-state index in [4.69, 9.17) is 0 Å². The second-order valence-electron chi connectivity index (χ2n) is 10.9. The second kappa shape index (κ2) is 14.4. The first kappa shape index (κ1) is 46.8. The standard InChI is InChI=1S/C16H20F17N2O2S.C7H8O3S/c1-4-7-35(2,3)8-5-6-34-38(36,37)16(32,33)14(27,28)12(23,24)10(19,20)9(17,18)11(21,22)13(25,26)15(29,30)31;1-6-2-4-7(5-3-6)11(8,9)10/h34H,4-8H2,1-3H3;2-5H,1H3,(H,8,9,10)/q+1;/p-1. The van der Waals surface area contributed by atoms with Crippen molar-refractivity contribution in [2.75, 3.05) is 33.7 Å². The van der Waals surface area contributed by atoms with Crippen LogP contribution in [0.1, 0.15) is 25.3 Å². The fraction of sp³-hybridized carbons (Fsp3) is 0.739. The molecule has 1 aromatic rings. The van der Waals surface area contributed by atoms with Gasteiger partial charge in [-0.25, -0.2) is 21.6 Å². The summed E-state index contributed by atoms with van der Waals surface area (Å²) in [6.07, 6.45) is -7.82. The Hall–Kier alpha value is -2.19. The number of aryl methyl sites for hydroxylation is 1. The van der Waals surface area contributed by atoms with Crippen LogP contribution in [-0.4, -0.2) is 107 Å². The molecule has 0 aliphatic rings. The molecule has 290 valence electrons. The summed E-state index contributed by atoms with van der Waals surface area (Å²) in [5, 5.41) is -7.53. The molecule has 0 saturated carbocycles. The van der Waals surface area contributed by atoms with E-state index in [1.807, 2.05) is 6.92 Å². The highest BCUT2D eigenvalue weighted by Gasteiger charge is 2.96. The van der Waals surface area contributed by atoms with Crippen LogP contribution in [0.5, 0.6) is 0 Å². The normalized spacial score (nSPS) is 15.1. The van der Waals surface area contributed by atoms with Crippen molar-refractivity contribution in [3.8, 4) is 0 Å². The molecule has 0 aliphatic heterocycles. The molecule has 0 amide bonds. The van der Waals surface area contributed by atoms with Gasteiger partial charge in [0.15, 0.2) is 0 Å². The van der Waals surface area contributed by atoms with Gasteiger partial charge >= 0.3 is 47.0 Å². The molecule has 1 N–H and O–H groups in total. The van der Waals surface area contributed by atoms with E-state index in [-0.39, 0.29) is 15.9 Å². The number of quaternary nitrogens is 1. The van der Waals surface area contributed by atoms with Gasteiger partial charge in [-0.05, 0) is 25.5 Å². The zero-order valence-corrected chi connectivity index (χ0v) is 26.7. The lowest BCUT2D eigenvalue weighted by atomic mass is 9.91. The van der Waals surface area contributed by atoms with Crippen LogP contribution in [0, 0.1) is 6.92 Å². The maximum absolute atomic E-state index is 13.9. The molecule has 0 unspecified atom stereocenters. The molecule has 0 radical (unpaired) electrons. The third-order valence-corrected chi connectivity index (χ3v) is 8.77. The van der Waals surface area contributed by atoms with Crippen LogP contribution in [-0.2, 0) is 20.1 Å². The zero-order chi connectivity index (χ0) is 39.7. The van der Waals surface area contributed by atoms with E-state index < -0.39 is 80.1 Å². The number of nitrogens with zero attached hydrogens (tertiary/aromatic N) is 1. The van der Waals surface area contributed by atoms with Crippen molar-refractivity contribution in [1.82, 2.24) is 4.72 Å². The van der Waals surface area contributed by atoms with Crippen molar-refractivity contribution in [3.05, 3.63) is 29.8 Å². The van der Waals surface area contributed by atoms with Crippen molar-refractivity contribution >= 4 is 20.1 Å². The van der Waals surface area contributed by atoms with Crippen molar-refractivity contribution in [3.63, 3.8) is 0 Å². The van der Waals surface area contributed by atoms with Crippen LogP contribution < -0.4 is 4.72 Å². The fourth-order valence-corrected chi connectivity index (χ4v) is 5.07. The number of hydrogen-bond donors (Lipinski definition) is 1. The van der Waals surface area contributed by atoms with Gasteiger partial charge in [0.05, 0.1) is 32.1 Å². The van der Waals surface area contributed by atoms with Crippen molar-refractivity contribution in [2.45, 2.75) is 78.6 Å². The summed E-state index contributed by atoms with van der Waals surface area (Å²) < 4.78 is 280.